The molecule has 0 heterocycles. The normalized spacial score (nSPS) is 12.3. The van der Waals surface area contributed by atoms with Crippen LogP contribution in [0, 0.1) is 20.8 Å². The molecule has 1 aromatic rings. The minimum absolute atomic E-state index is 0.0539. The molecule has 0 saturated heterocycles. The lowest BCUT2D eigenvalue weighted by Gasteiger charge is -2.18. The van der Waals surface area contributed by atoms with Crippen LogP contribution in [0.15, 0.2) is 12.1 Å². The zero-order chi connectivity index (χ0) is 14.4. The average molecular weight is 263 g/mol. The Bertz CT molecular complexity index is 417. The molecule has 0 amide bonds. The summed E-state index contributed by atoms with van der Waals surface area (Å²) in [4.78, 5) is 11.0. The van der Waals surface area contributed by atoms with Gasteiger partial charge in [0.25, 0.3) is 0 Å². The van der Waals surface area contributed by atoms with Gasteiger partial charge in [-0.2, -0.15) is 0 Å². The van der Waals surface area contributed by atoms with Gasteiger partial charge in [-0.05, 0) is 50.3 Å². The highest BCUT2D eigenvalue weighted by Crippen LogP contribution is 2.25. The van der Waals surface area contributed by atoms with Crippen LogP contribution in [0.3, 0.4) is 0 Å². The molecule has 2 N–H and O–H groups in total. The molecule has 19 heavy (non-hydrogen) atoms. The summed E-state index contributed by atoms with van der Waals surface area (Å²) in [6.45, 7) is 6.33. The Hall–Kier alpha value is -1.35. The molecule has 0 aromatic heterocycles. The third kappa shape index (κ3) is 4.67. The zero-order valence-corrected chi connectivity index (χ0v) is 12.5. The Labute approximate surface area is 116 Å². The number of methoxy groups -OCH3 is 1. The number of carbonyl (C=O) groups is 1. The number of hydrogen-bond acceptors (Lipinski definition) is 3. The molecule has 3 nitrogen and oxygen atoms in total. The number of esters is 1. The first kappa shape index (κ1) is 15.7. The fraction of sp³-hybridized carbons (Fsp3) is 0.562. The van der Waals surface area contributed by atoms with E-state index in [9.17, 15) is 4.79 Å². The van der Waals surface area contributed by atoms with Crippen molar-refractivity contribution in [3.05, 3.63) is 34.4 Å². The lowest BCUT2D eigenvalue weighted by molar-refractivity contribution is -0.140. The molecule has 1 aromatic carbocycles. The number of nitrogens with two attached hydrogens (primary N) is 1. The van der Waals surface area contributed by atoms with E-state index in [2.05, 4.69) is 37.6 Å². The lowest BCUT2D eigenvalue weighted by Crippen LogP contribution is -2.14. The summed E-state index contributed by atoms with van der Waals surface area (Å²) >= 11 is 0. The molecule has 0 fully saturated rings. The molecule has 1 rings (SSSR count). The molecular formula is C16H25NO2. The monoisotopic (exact) mass is 263 g/mol. The number of hydrogen-bond donors (Lipinski definition) is 1. The summed E-state index contributed by atoms with van der Waals surface area (Å²) < 4.78 is 4.62. The van der Waals surface area contributed by atoms with Gasteiger partial charge >= 0.3 is 5.97 Å². The van der Waals surface area contributed by atoms with Crippen molar-refractivity contribution in [1.29, 1.82) is 0 Å². The predicted octanol–water partition coefficient (Wildman–Crippen LogP) is 3.35. The van der Waals surface area contributed by atoms with E-state index in [-0.39, 0.29) is 12.0 Å². The molecular weight excluding hydrogens is 238 g/mol. The van der Waals surface area contributed by atoms with Crippen LogP contribution in [-0.2, 0) is 9.53 Å². The summed E-state index contributed by atoms with van der Waals surface area (Å²) in [5.74, 6) is -0.142. The minimum Gasteiger partial charge on any atom is -0.469 e. The Morgan fingerprint density at radius 2 is 1.79 bits per heavy atom. The highest BCUT2D eigenvalue weighted by atomic mass is 16.5. The van der Waals surface area contributed by atoms with Gasteiger partial charge in [-0.1, -0.05) is 24.1 Å². The van der Waals surface area contributed by atoms with Gasteiger partial charge in [0.15, 0.2) is 0 Å². The number of rotatable bonds is 6. The molecule has 0 saturated carbocycles. The third-order valence-corrected chi connectivity index (χ3v) is 3.48. The van der Waals surface area contributed by atoms with Gasteiger partial charge in [0.05, 0.1) is 7.11 Å². The van der Waals surface area contributed by atoms with Gasteiger partial charge in [0.1, 0.15) is 0 Å². The van der Waals surface area contributed by atoms with Crippen LogP contribution in [0.4, 0.5) is 0 Å². The van der Waals surface area contributed by atoms with Gasteiger partial charge < -0.3 is 10.5 Å². The minimum atomic E-state index is -0.142. The van der Waals surface area contributed by atoms with E-state index < -0.39 is 0 Å². The van der Waals surface area contributed by atoms with E-state index in [4.69, 9.17) is 5.73 Å². The summed E-state index contributed by atoms with van der Waals surface area (Å²) in [5, 5.41) is 0. The van der Waals surface area contributed by atoms with E-state index in [0.717, 1.165) is 19.3 Å². The van der Waals surface area contributed by atoms with Crippen molar-refractivity contribution in [2.24, 2.45) is 5.73 Å². The van der Waals surface area contributed by atoms with Gasteiger partial charge in [-0.25, -0.2) is 0 Å². The summed E-state index contributed by atoms with van der Waals surface area (Å²) in [5.41, 5.74) is 11.3. The molecule has 1 atom stereocenters. The first-order valence-corrected chi connectivity index (χ1v) is 6.86. The molecule has 0 spiro atoms. The van der Waals surface area contributed by atoms with Crippen LogP contribution in [0.5, 0.6) is 0 Å². The molecule has 0 aliphatic rings. The van der Waals surface area contributed by atoms with Crippen LogP contribution < -0.4 is 5.73 Å². The van der Waals surface area contributed by atoms with Crippen molar-refractivity contribution in [3.8, 4) is 0 Å². The van der Waals surface area contributed by atoms with Crippen LogP contribution >= 0.6 is 0 Å². The Morgan fingerprint density at radius 3 is 2.32 bits per heavy atom. The van der Waals surface area contributed by atoms with Crippen molar-refractivity contribution in [1.82, 2.24) is 0 Å². The van der Waals surface area contributed by atoms with E-state index in [0.29, 0.717) is 6.42 Å². The Kier molecular flexibility index (Phi) is 6.03. The summed E-state index contributed by atoms with van der Waals surface area (Å²) in [7, 11) is 1.42. The van der Waals surface area contributed by atoms with E-state index in [1.807, 2.05) is 0 Å². The highest BCUT2D eigenvalue weighted by molar-refractivity contribution is 5.68. The second kappa shape index (κ2) is 7.29. The second-order valence-electron chi connectivity index (χ2n) is 5.24. The quantitative estimate of drug-likeness (QED) is 0.632. The van der Waals surface area contributed by atoms with E-state index in [1.165, 1.54) is 29.4 Å². The third-order valence-electron chi connectivity index (χ3n) is 3.48. The maximum absolute atomic E-state index is 11.0. The summed E-state index contributed by atoms with van der Waals surface area (Å²) in [6, 6.07) is 4.41. The zero-order valence-electron chi connectivity index (χ0n) is 12.5. The average Bonchev–Trinajstić information content (AvgIpc) is 2.33. The Morgan fingerprint density at radius 1 is 1.21 bits per heavy atom. The smallest absolute Gasteiger partial charge is 0.305 e. The van der Waals surface area contributed by atoms with Crippen molar-refractivity contribution >= 4 is 5.97 Å². The standard InChI is InChI=1S/C16H25NO2/c1-11-9-12(2)16(13(3)10-11)14(17)7-5-6-8-15(18)19-4/h9-10,14H,5-8,17H2,1-4H3. The van der Waals surface area contributed by atoms with Crippen molar-refractivity contribution in [2.45, 2.75) is 52.5 Å². The number of ether oxygens (including phenoxy) is 1. The second-order valence-corrected chi connectivity index (χ2v) is 5.24. The maximum atomic E-state index is 11.0. The molecule has 3 heteroatoms. The lowest BCUT2D eigenvalue weighted by atomic mass is 9.91. The highest BCUT2D eigenvalue weighted by Gasteiger charge is 2.12. The van der Waals surface area contributed by atoms with E-state index >= 15 is 0 Å². The molecule has 0 bridgehead atoms. The molecule has 106 valence electrons. The van der Waals surface area contributed by atoms with Crippen LogP contribution in [0.25, 0.3) is 0 Å². The van der Waals surface area contributed by atoms with Crippen molar-refractivity contribution < 1.29 is 9.53 Å². The van der Waals surface area contributed by atoms with Crippen LogP contribution in [-0.4, -0.2) is 13.1 Å². The predicted molar refractivity (Wildman–Crippen MR) is 78.1 cm³/mol. The number of carbonyl (C=O) groups excluding carboxylic acids is 1. The van der Waals surface area contributed by atoms with Crippen molar-refractivity contribution in [3.63, 3.8) is 0 Å². The molecule has 1 unspecified atom stereocenters. The van der Waals surface area contributed by atoms with Gasteiger partial charge in [0, 0.05) is 12.5 Å². The van der Waals surface area contributed by atoms with Crippen LogP contribution in [0.1, 0.15) is 54.0 Å². The molecule has 0 radical (unpaired) electrons. The summed E-state index contributed by atoms with van der Waals surface area (Å²) in [6.07, 6.45) is 3.17. The maximum Gasteiger partial charge on any atom is 0.305 e. The SMILES string of the molecule is COC(=O)CCCCC(N)c1c(C)cc(C)cc1C. The number of aryl methyl sites for hydroxylation is 3. The molecule has 0 aliphatic carbocycles. The first-order chi connectivity index (χ1) is 8.95. The Balaban J connectivity index is 2.54. The molecule has 0 aliphatic heterocycles. The number of benzene rings is 1. The van der Waals surface area contributed by atoms with Crippen LogP contribution in [0.2, 0.25) is 0 Å². The van der Waals surface area contributed by atoms with Gasteiger partial charge in [0.2, 0.25) is 0 Å². The van der Waals surface area contributed by atoms with Crippen molar-refractivity contribution in [2.75, 3.05) is 7.11 Å². The topological polar surface area (TPSA) is 52.3 Å². The van der Waals surface area contributed by atoms with Gasteiger partial charge in [-0.15, -0.1) is 0 Å². The fourth-order valence-electron chi connectivity index (χ4n) is 2.66. The largest absolute Gasteiger partial charge is 0.469 e. The van der Waals surface area contributed by atoms with E-state index in [1.54, 1.807) is 0 Å². The fourth-order valence-corrected chi connectivity index (χ4v) is 2.66. The first-order valence-electron chi connectivity index (χ1n) is 6.86. The van der Waals surface area contributed by atoms with Gasteiger partial charge in [-0.3, -0.25) is 4.79 Å². The number of unbranched alkanes of at least 4 members (excludes halogenated alkanes) is 1.